The summed E-state index contributed by atoms with van der Waals surface area (Å²) in [6.07, 6.45) is -1.25. The van der Waals surface area contributed by atoms with Crippen molar-refractivity contribution in [2.24, 2.45) is 11.1 Å². The summed E-state index contributed by atoms with van der Waals surface area (Å²) in [6.45, 7) is 0. The molecule has 0 unspecified atom stereocenters. The molecule has 22 heavy (non-hydrogen) atoms. The van der Waals surface area contributed by atoms with Crippen LogP contribution in [0.4, 0.5) is 5.69 Å². The summed E-state index contributed by atoms with van der Waals surface area (Å²) in [4.78, 5) is 38.6. The molecule has 1 heterocycles. The first-order chi connectivity index (χ1) is 10.5. The Balaban J connectivity index is 2.34. The van der Waals surface area contributed by atoms with E-state index < -0.39 is 28.9 Å². The van der Waals surface area contributed by atoms with E-state index in [4.69, 9.17) is 4.84 Å². The number of methoxy groups -OCH3 is 2. The molecule has 0 aliphatic carbocycles. The zero-order chi connectivity index (χ0) is 16.3. The van der Waals surface area contributed by atoms with Gasteiger partial charge in [-0.3, -0.25) is 14.9 Å². The fraction of sp³-hybridized carbons (Fsp3) is 0.308. The number of oxime groups is 1. The first-order valence-electron chi connectivity index (χ1n) is 6.13. The molecule has 0 spiro atoms. The summed E-state index contributed by atoms with van der Waals surface area (Å²) in [5.41, 5.74) is 0.451. The van der Waals surface area contributed by atoms with Crippen LogP contribution < -0.4 is 0 Å². The second kappa shape index (κ2) is 6.20. The third kappa shape index (κ3) is 2.73. The maximum absolute atomic E-state index is 11.9. The van der Waals surface area contributed by atoms with E-state index in [1.54, 1.807) is 0 Å². The molecule has 0 aromatic heterocycles. The van der Waals surface area contributed by atoms with Crippen LogP contribution in [0, 0.1) is 16.0 Å². The van der Waals surface area contributed by atoms with E-state index in [2.05, 4.69) is 14.6 Å². The highest BCUT2D eigenvalue weighted by molar-refractivity contribution is 6.15. The average Bonchev–Trinajstić information content (AvgIpc) is 2.98. The number of hydrogen-bond donors (Lipinski definition) is 0. The number of esters is 2. The highest BCUT2D eigenvalue weighted by Crippen LogP contribution is 2.26. The quantitative estimate of drug-likeness (QED) is 0.455. The molecule has 1 aromatic rings. The predicted molar refractivity (Wildman–Crippen MR) is 72.0 cm³/mol. The van der Waals surface area contributed by atoms with Crippen LogP contribution in [0.2, 0.25) is 0 Å². The van der Waals surface area contributed by atoms with E-state index in [0.29, 0.717) is 5.56 Å². The Kier molecular flexibility index (Phi) is 4.35. The summed E-state index contributed by atoms with van der Waals surface area (Å²) >= 11 is 0. The number of nitro groups is 1. The van der Waals surface area contributed by atoms with Crippen molar-refractivity contribution in [3.8, 4) is 0 Å². The van der Waals surface area contributed by atoms with Crippen LogP contribution in [0.1, 0.15) is 5.56 Å². The van der Waals surface area contributed by atoms with Crippen LogP contribution >= 0.6 is 0 Å². The minimum atomic E-state index is -1.25. The zero-order valence-electron chi connectivity index (χ0n) is 11.7. The molecule has 1 aliphatic heterocycles. The van der Waals surface area contributed by atoms with Crippen LogP contribution in [0.5, 0.6) is 0 Å². The van der Waals surface area contributed by atoms with Gasteiger partial charge in [0.15, 0.2) is 5.92 Å². The lowest BCUT2D eigenvalue weighted by Crippen LogP contribution is -2.38. The summed E-state index contributed by atoms with van der Waals surface area (Å²) in [6, 6.07) is 5.35. The van der Waals surface area contributed by atoms with Gasteiger partial charge in [-0.25, -0.2) is 4.79 Å². The highest BCUT2D eigenvalue weighted by Gasteiger charge is 2.46. The SMILES string of the molecule is COC(=O)[C@@H]1C(c2ccc([N+](=O)[O-])cc2)=NO[C@H]1C(=O)OC. The molecular formula is C13H12N2O7. The van der Waals surface area contributed by atoms with Crippen molar-refractivity contribution in [2.45, 2.75) is 6.10 Å². The molecule has 2 atom stereocenters. The first-order valence-corrected chi connectivity index (χ1v) is 6.13. The topological polar surface area (TPSA) is 117 Å². The second-order valence-corrected chi connectivity index (χ2v) is 4.33. The van der Waals surface area contributed by atoms with Crippen molar-refractivity contribution >= 4 is 23.3 Å². The zero-order valence-corrected chi connectivity index (χ0v) is 11.7. The maximum atomic E-state index is 11.9. The van der Waals surface area contributed by atoms with Crippen molar-refractivity contribution in [3.05, 3.63) is 39.9 Å². The van der Waals surface area contributed by atoms with Gasteiger partial charge in [0.25, 0.3) is 5.69 Å². The molecular weight excluding hydrogens is 296 g/mol. The Morgan fingerprint density at radius 3 is 2.27 bits per heavy atom. The Morgan fingerprint density at radius 2 is 1.77 bits per heavy atom. The van der Waals surface area contributed by atoms with Crippen molar-refractivity contribution in [2.75, 3.05) is 14.2 Å². The minimum Gasteiger partial charge on any atom is -0.468 e. The summed E-state index contributed by atoms with van der Waals surface area (Å²) in [7, 11) is 2.33. The van der Waals surface area contributed by atoms with Gasteiger partial charge < -0.3 is 14.3 Å². The lowest BCUT2D eigenvalue weighted by Gasteiger charge is -2.14. The minimum absolute atomic E-state index is 0.109. The van der Waals surface area contributed by atoms with Crippen molar-refractivity contribution in [3.63, 3.8) is 0 Å². The van der Waals surface area contributed by atoms with E-state index >= 15 is 0 Å². The van der Waals surface area contributed by atoms with E-state index in [0.717, 1.165) is 7.11 Å². The molecule has 9 heteroatoms. The van der Waals surface area contributed by atoms with E-state index in [1.807, 2.05) is 0 Å². The first kappa shape index (κ1) is 15.4. The molecule has 0 saturated heterocycles. The third-order valence-corrected chi connectivity index (χ3v) is 3.12. The number of nitro benzene ring substituents is 1. The number of hydrogen-bond acceptors (Lipinski definition) is 8. The van der Waals surface area contributed by atoms with Gasteiger partial charge >= 0.3 is 11.9 Å². The van der Waals surface area contributed by atoms with Gasteiger partial charge in [0.2, 0.25) is 6.10 Å². The standard InChI is InChI=1S/C13H12N2O7/c1-20-12(16)9-10(14-22-11(9)13(17)21-2)7-3-5-8(6-4-7)15(18)19/h3-6,9,11H,1-2H3/t9-,11-/m1/s1. The maximum Gasteiger partial charge on any atom is 0.351 e. The van der Waals surface area contributed by atoms with Crippen molar-refractivity contribution in [1.29, 1.82) is 0 Å². The number of carbonyl (C=O) groups is 2. The third-order valence-electron chi connectivity index (χ3n) is 3.12. The summed E-state index contributed by atoms with van der Waals surface area (Å²) < 4.78 is 9.22. The smallest absolute Gasteiger partial charge is 0.351 e. The lowest BCUT2D eigenvalue weighted by molar-refractivity contribution is -0.384. The monoisotopic (exact) mass is 308 g/mol. The largest absolute Gasteiger partial charge is 0.468 e. The molecule has 2 rings (SSSR count). The molecule has 0 saturated carbocycles. The average molecular weight is 308 g/mol. The van der Waals surface area contributed by atoms with Crippen molar-refractivity contribution < 1.29 is 28.8 Å². The van der Waals surface area contributed by atoms with Gasteiger partial charge in [0.1, 0.15) is 5.71 Å². The fourth-order valence-corrected chi connectivity index (χ4v) is 2.02. The number of nitrogens with zero attached hydrogens (tertiary/aromatic N) is 2. The van der Waals surface area contributed by atoms with Crippen LogP contribution in [-0.2, 0) is 23.9 Å². The summed E-state index contributed by atoms with van der Waals surface area (Å²) in [5.74, 6) is -2.58. The Hall–Kier alpha value is -2.97. The molecule has 0 amide bonds. The van der Waals surface area contributed by atoms with E-state index in [9.17, 15) is 19.7 Å². The molecule has 1 aliphatic rings. The van der Waals surface area contributed by atoms with Gasteiger partial charge in [0, 0.05) is 17.7 Å². The Morgan fingerprint density at radius 1 is 1.18 bits per heavy atom. The van der Waals surface area contributed by atoms with Crippen LogP contribution in [0.15, 0.2) is 29.4 Å². The number of carbonyl (C=O) groups excluding carboxylic acids is 2. The lowest BCUT2D eigenvalue weighted by atomic mass is 9.92. The normalized spacial score (nSPS) is 19.8. The number of non-ortho nitro benzene ring substituents is 1. The number of ether oxygens (including phenoxy) is 2. The van der Waals surface area contributed by atoms with E-state index in [-0.39, 0.29) is 11.4 Å². The Labute approximate surface area is 124 Å². The van der Waals surface area contributed by atoms with Crippen LogP contribution in [0.25, 0.3) is 0 Å². The number of benzene rings is 1. The van der Waals surface area contributed by atoms with Gasteiger partial charge in [-0.15, -0.1) is 0 Å². The fourth-order valence-electron chi connectivity index (χ4n) is 2.02. The van der Waals surface area contributed by atoms with Gasteiger partial charge in [-0.2, -0.15) is 0 Å². The molecule has 0 N–H and O–H groups in total. The Bertz CT molecular complexity index is 638. The molecule has 116 valence electrons. The summed E-state index contributed by atoms with van der Waals surface area (Å²) in [5, 5.41) is 14.4. The molecule has 0 bridgehead atoms. The molecule has 1 aromatic carbocycles. The van der Waals surface area contributed by atoms with Gasteiger partial charge in [-0.05, 0) is 12.1 Å². The molecule has 0 fully saturated rings. The van der Waals surface area contributed by atoms with Gasteiger partial charge in [0.05, 0.1) is 19.1 Å². The molecule has 0 radical (unpaired) electrons. The number of rotatable bonds is 4. The van der Waals surface area contributed by atoms with Crippen LogP contribution in [-0.4, -0.2) is 42.9 Å². The van der Waals surface area contributed by atoms with E-state index in [1.165, 1.54) is 31.4 Å². The van der Waals surface area contributed by atoms with Crippen LogP contribution in [0.3, 0.4) is 0 Å². The van der Waals surface area contributed by atoms with Gasteiger partial charge in [-0.1, -0.05) is 5.16 Å². The second-order valence-electron chi connectivity index (χ2n) is 4.33. The highest BCUT2D eigenvalue weighted by atomic mass is 16.7. The van der Waals surface area contributed by atoms with Crippen molar-refractivity contribution in [1.82, 2.24) is 0 Å². The molecule has 9 nitrogen and oxygen atoms in total. The predicted octanol–water partition coefficient (Wildman–Crippen LogP) is 0.660.